The Bertz CT molecular complexity index is 443. The average molecular weight is 271 g/mol. The van der Waals surface area contributed by atoms with E-state index in [1.807, 2.05) is 19.1 Å². The van der Waals surface area contributed by atoms with Gasteiger partial charge < -0.3 is 9.47 Å². The molecule has 0 aliphatic carbocycles. The van der Waals surface area contributed by atoms with Crippen LogP contribution in [-0.2, 0) is 25.5 Å². The number of halogens is 1. The van der Waals surface area contributed by atoms with Crippen LogP contribution in [-0.4, -0.2) is 25.2 Å². The first-order valence-corrected chi connectivity index (χ1v) is 6.01. The highest BCUT2D eigenvalue weighted by molar-refractivity contribution is 6.30. The normalized spacial score (nSPS) is 9.94. The van der Waals surface area contributed by atoms with Gasteiger partial charge in [-0.1, -0.05) is 17.7 Å². The molecule has 0 spiro atoms. The first kappa shape index (κ1) is 14.5. The van der Waals surface area contributed by atoms with Crippen molar-refractivity contribution in [3.63, 3.8) is 0 Å². The SMILES string of the molecule is CCOC(=O)C(=O)OCCc1ccc(Cl)cc1C. The Morgan fingerprint density at radius 1 is 1.22 bits per heavy atom. The van der Waals surface area contributed by atoms with Crippen molar-refractivity contribution in [2.45, 2.75) is 20.3 Å². The Kier molecular flexibility index (Phi) is 5.65. The Hall–Kier alpha value is -1.55. The molecule has 0 radical (unpaired) electrons. The van der Waals surface area contributed by atoms with Crippen LogP contribution in [0.15, 0.2) is 18.2 Å². The van der Waals surface area contributed by atoms with Crippen LogP contribution in [0.5, 0.6) is 0 Å². The van der Waals surface area contributed by atoms with Crippen LogP contribution in [0.3, 0.4) is 0 Å². The molecule has 1 aromatic rings. The van der Waals surface area contributed by atoms with Crippen LogP contribution in [0, 0.1) is 6.92 Å². The van der Waals surface area contributed by atoms with E-state index in [-0.39, 0.29) is 13.2 Å². The van der Waals surface area contributed by atoms with Crippen molar-refractivity contribution in [3.05, 3.63) is 34.3 Å². The molecule has 0 amide bonds. The van der Waals surface area contributed by atoms with E-state index >= 15 is 0 Å². The van der Waals surface area contributed by atoms with Gasteiger partial charge in [0.05, 0.1) is 13.2 Å². The van der Waals surface area contributed by atoms with Crippen LogP contribution in [0.2, 0.25) is 5.02 Å². The van der Waals surface area contributed by atoms with E-state index in [0.717, 1.165) is 11.1 Å². The van der Waals surface area contributed by atoms with E-state index in [1.165, 1.54) is 0 Å². The molecule has 98 valence electrons. The molecule has 4 nitrogen and oxygen atoms in total. The van der Waals surface area contributed by atoms with Crippen molar-refractivity contribution in [1.29, 1.82) is 0 Å². The van der Waals surface area contributed by atoms with Gasteiger partial charge in [-0.3, -0.25) is 0 Å². The number of ether oxygens (including phenoxy) is 2. The standard InChI is InChI=1S/C13H15ClO4/c1-3-17-12(15)13(16)18-7-6-10-4-5-11(14)8-9(10)2/h4-5,8H,3,6-7H2,1-2H3. The minimum atomic E-state index is -0.955. The topological polar surface area (TPSA) is 52.6 Å². The van der Waals surface area contributed by atoms with E-state index in [4.69, 9.17) is 16.3 Å². The third-order valence-electron chi connectivity index (χ3n) is 2.35. The quantitative estimate of drug-likeness (QED) is 0.622. The Morgan fingerprint density at radius 3 is 2.50 bits per heavy atom. The lowest BCUT2D eigenvalue weighted by molar-refractivity contribution is -0.167. The van der Waals surface area contributed by atoms with Gasteiger partial charge in [0.1, 0.15) is 0 Å². The van der Waals surface area contributed by atoms with Crippen LogP contribution in [0.25, 0.3) is 0 Å². The lowest BCUT2D eigenvalue weighted by atomic mass is 10.1. The van der Waals surface area contributed by atoms with Crippen molar-refractivity contribution in [3.8, 4) is 0 Å². The van der Waals surface area contributed by atoms with E-state index in [1.54, 1.807) is 13.0 Å². The highest BCUT2D eigenvalue weighted by atomic mass is 35.5. The number of aryl methyl sites for hydroxylation is 1. The maximum Gasteiger partial charge on any atom is 0.417 e. The predicted octanol–water partition coefficient (Wildman–Crippen LogP) is 2.30. The van der Waals surface area contributed by atoms with Crippen molar-refractivity contribution < 1.29 is 19.1 Å². The lowest BCUT2D eigenvalue weighted by Gasteiger charge is -2.07. The number of carbonyl (C=O) groups is 2. The van der Waals surface area contributed by atoms with Gasteiger partial charge in [-0.05, 0) is 37.1 Å². The first-order chi connectivity index (χ1) is 8.54. The molecule has 0 fully saturated rings. The van der Waals surface area contributed by atoms with Crippen LogP contribution in [0.1, 0.15) is 18.1 Å². The number of hydrogen-bond donors (Lipinski definition) is 0. The molecule has 0 saturated heterocycles. The molecule has 18 heavy (non-hydrogen) atoms. The third kappa shape index (κ3) is 4.37. The molecule has 0 aliphatic rings. The van der Waals surface area contributed by atoms with Gasteiger partial charge >= 0.3 is 11.9 Å². The highest BCUT2D eigenvalue weighted by Crippen LogP contribution is 2.15. The zero-order valence-corrected chi connectivity index (χ0v) is 11.1. The van der Waals surface area contributed by atoms with Crippen molar-refractivity contribution in [2.24, 2.45) is 0 Å². The van der Waals surface area contributed by atoms with Crippen LogP contribution in [0.4, 0.5) is 0 Å². The summed E-state index contributed by atoms with van der Waals surface area (Å²) < 4.78 is 9.31. The fraction of sp³-hybridized carbons (Fsp3) is 0.385. The molecule has 0 atom stereocenters. The molecule has 1 aromatic carbocycles. The molecule has 0 unspecified atom stereocenters. The maximum absolute atomic E-state index is 11.1. The first-order valence-electron chi connectivity index (χ1n) is 5.63. The molecule has 0 N–H and O–H groups in total. The van der Waals surface area contributed by atoms with Gasteiger partial charge in [-0.15, -0.1) is 0 Å². The van der Waals surface area contributed by atoms with Crippen molar-refractivity contribution in [2.75, 3.05) is 13.2 Å². The van der Waals surface area contributed by atoms with E-state index in [0.29, 0.717) is 11.4 Å². The second kappa shape index (κ2) is 7.01. The monoisotopic (exact) mass is 270 g/mol. The fourth-order valence-corrected chi connectivity index (χ4v) is 1.67. The summed E-state index contributed by atoms with van der Waals surface area (Å²) in [5.74, 6) is -1.91. The van der Waals surface area contributed by atoms with Gasteiger partial charge in [-0.25, -0.2) is 9.59 Å². The molecule has 0 heterocycles. The molecule has 0 aliphatic heterocycles. The summed E-state index contributed by atoms with van der Waals surface area (Å²) in [6.45, 7) is 3.85. The van der Waals surface area contributed by atoms with Gasteiger partial charge in [-0.2, -0.15) is 0 Å². The fourth-order valence-electron chi connectivity index (χ4n) is 1.44. The van der Waals surface area contributed by atoms with Crippen molar-refractivity contribution >= 4 is 23.5 Å². The third-order valence-corrected chi connectivity index (χ3v) is 2.59. The van der Waals surface area contributed by atoms with Gasteiger partial charge in [0, 0.05) is 11.4 Å². The summed E-state index contributed by atoms with van der Waals surface area (Å²) in [4.78, 5) is 22.1. The molecule has 0 bridgehead atoms. The lowest BCUT2D eigenvalue weighted by Crippen LogP contribution is -2.21. The van der Waals surface area contributed by atoms with E-state index in [9.17, 15) is 9.59 Å². The maximum atomic E-state index is 11.1. The summed E-state index contributed by atoms with van der Waals surface area (Å²) in [7, 11) is 0. The number of rotatable bonds is 4. The van der Waals surface area contributed by atoms with E-state index in [2.05, 4.69) is 4.74 Å². The molecule has 0 saturated carbocycles. The number of benzene rings is 1. The second-order valence-electron chi connectivity index (χ2n) is 3.68. The zero-order valence-electron chi connectivity index (χ0n) is 10.4. The van der Waals surface area contributed by atoms with Gasteiger partial charge in [0.25, 0.3) is 0 Å². The highest BCUT2D eigenvalue weighted by Gasteiger charge is 2.16. The average Bonchev–Trinajstić information content (AvgIpc) is 2.32. The summed E-state index contributed by atoms with van der Waals surface area (Å²) in [6.07, 6.45) is 0.536. The Morgan fingerprint density at radius 2 is 1.89 bits per heavy atom. The Balaban J connectivity index is 2.42. The summed E-state index contributed by atoms with van der Waals surface area (Å²) in [6, 6.07) is 5.48. The van der Waals surface area contributed by atoms with Gasteiger partial charge in [0.15, 0.2) is 0 Å². The molecule has 0 aromatic heterocycles. The number of carbonyl (C=O) groups excluding carboxylic acids is 2. The second-order valence-corrected chi connectivity index (χ2v) is 4.11. The number of esters is 2. The minimum absolute atomic E-state index is 0.139. The number of hydrogen-bond acceptors (Lipinski definition) is 4. The molecular weight excluding hydrogens is 256 g/mol. The van der Waals surface area contributed by atoms with Crippen LogP contribution >= 0.6 is 11.6 Å². The Labute approximate surface area is 111 Å². The summed E-state index contributed by atoms with van der Waals surface area (Å²) >= 11 is 5.83. The molecule has 1 rings (SSSR count). The zero-order chi connectivity index (χ0) is 13.5. The minimum Gasteiger partial charge on any atom is -0.458 e. The van der Waals surface area contributed by atoms with Gasteiger partial charge in [0.2, 0.25) is 0 Å². The largest absolute Gasteiger partial charge is 0.458 e. The molecular formula is C13H15ClO4. The summed E-state index contributed by atoms with van der Waals surface area (Å²) in [5, 5.41) is 0.666. The van der Waals surface area contributed by atoms with Crippen molar-refractivity contribution in [1.82, 2.24) is 0 Å². The smallest absolute Gasteiger partial charge is 0.417 e. The molecule has 5 heteroatoms. The van der Waals surface area contributed by atoms with E-state index < -0.39 is 11.9 Å². The van der Waals surface area contributed by atoms with Crippen LogP contribution < -0.4 is 0 Å². The summed E-state index contributed by atoms with van der Waals surface area (Å²) in [5.41, 5.74) is 2.05. The predicted molar refractivity (Wildman–Crippen MR) is 67.5 cm³/mol.